The lowest BCUT2D eigenvalue weighted by Crippen LogP contribution is -2.36. The van der Waals surface area contributed by atoms with Crippen LogP contribution in [0.1, 0.15) is 33.1 Å². The molecule has 106 valence electrons. The molecule has 19 heavy (non-hydrogen) atoms. The predicted molar refractivity (Wildman–Crippen MR) is 79.5 cm³/mol. The number of nitrogens with zero attached hydrogens (tertiary/aromatic N) is 3. The Hall–Kier alpha value is -1.36. The molecule has 1 aliphatic rings. The van der Waals surface area contributed by atoms with Gasteiger partial charge in [-0.2, -0.15) is 4.98 Å². The molecule has 2 rings (SSSR count). The fourth-order valence-electron chi connectivity index (χ4n) is 2.02. The molecular formula is C14H25N5. The van der Waals surface area contributed by atoms with Crippen molar-refractivity contribution in [1.82, 2.24) is 14.9 Å². The average molecular weight is 263 g/mol. The lowest BCUT2D eigenvalue weighted by atomic mass is 10.3. The molecule has 1 unspecified atom stereocenters. The minimum absolute atomic E-state index is 0.523. The molecule has 0 amide bonds. The highest BCUT2D eigenvalue weighted by Gasteiger charge is 2.28. The summed E-state index contributed by atoms with van der Waals surface area (Å²) < 4.78 is 0. The summed E-state index contributed by atoms with van der Waals surface area (Å²) in [6.07, 6.45) is 5.56. The number of rotatable bonds is 8. The zero-order valence-corrected chi connectivity index (χ0v) is 12.2. The highest BCUT2D eigenvalue weighted by molar-refractivity contribution is 5.39. The zero-order chi connectivity index (χ0) is 13.7. The lowest BCUT2D eigenvalue weighted by Gasteiger charge is -2.24. The molecule has 1 saturated carbocycles. The van der Waals surface area contributed by atoms with Crippen LogP contribution in [0.4, 0.5) is 11.8 Å². The van der Waals surface area contributed by atoms with Gasteiger partial charge in [0.25, 0.3) is 0 Å². The van der Waals surface area contributed by atoms with E-state index in [-0.39, 0.29) is 0 Å². The van der Waals surface area contributed by atoms with Gasteiger partial charge in [-0.25, -0.2) is 4.98 Å². The summed E-state index contributed by atoms with van der Waals surface area (Å²) in [6, 6.07) is 3.24. The van der Waals surface area contributed by atoms with Crippen LogP contribution in [0.15, 0.2) is 12.3 Å². The molecule has 0 spiro atoms. The van der Waals surface area contributed by atoms with E-state index in [4.69, 9.17) is 0 Å². The van der Waals surface area contributed by atoms with E-state index >= 15 is 0 Å². The monoisotopic (exact) mass is 263 g/mol. The molecule has 1 atom stereocenters. The van der Waals surface area contributed by atoms with Gasteiger partial charge in [0, 0.05) is 31.4 Å². The SMILES string of the molecule is CCCNc1nccc(NCC(C)N(C)C2CC2)n1. The molecule has 1 aromatic rings. The van der Waals surface area contributed by atoms with Crippen molar-refractivity contribution in [3.8, 4) is 0 Å². The molecule has 1 fully saturated rings. The Bertz CT molecular complexity index is 391. The summed E-state index contributed by atoms with van der Waals surface area (Å²) in [4.78, 5) is 11.1. The number of hydrogen-bond donors (Lipinski definition) is 2. The maximum absolute atomic E-state index is 4.45. The molecular weight excluding hydrogens is 238 g/mol. The van der Waals surface area contributed by atoms with Crippen LogP contribution in [0.3, 0.4) is 0 Å². The third-order valence-corrected chi connectivity index (χ3v) is 3.59. The van der Waals surface area contributed by atoms with E-state index in [0.29, 0.717) is 12.0 Å². The number of likely N-dealkylation sites (N-methyl/N-ethyl adjacent to an activating group) is 1. The minimum atomic E-state index is 0.523. The zero-order valence-electron chi connectivity index (χ0n) is 12.2. The molecule has 0 aromatic carbocycles. The Labute approximate surface area is 115 Å². The third-order valence-electron chi connectivity index (χ3n) is 3.59. The smallest absolute Gasteiger partial charge is 0.224 e. The first-order valence-electron chi connectivity index (χ1n) is 7.23. The maximum atomic E-state index is 4.45. The summed E-state index contributed by atoms with van der Waals surface area (Å²) in [5.74, 6) is 1.60. The summed E-state index contributed by atoms with van der Waals surface area (Å²) >= 11 is 0. The van der Waals surface area contributed by atoms with Gasteiger partial charge in [0.2, 0.25) is 5.95 Å². The van der Waals surface area contributed by atoms with Gasteiger partial charge in [-0.15, -0.1) is 0 Å². The standard InChI is InChI=1S/C14H25N5/c1-4-8-15-14-16-9-7-13(18-14)17-10-11(2)19(3)12-5-6-12/h7,9,11-12H,4-6,8,10H2,1-3H3,(H2,15,16,17,18). The highest BCUT2D eigenvalue weighted by atomic mass is 15.2. The topological polar surface area (TPSA) is 53.1 Å². The summed E-state index contributed by atoms with van der Waals surface area (Å²) in [7, 11) is 2.21. The van der Waals surface area contributed by atoms with Gasteiger partial charge < -0.3 is 10.6 Å². The fourth-order valence-corrected chi connectivity index (χ4v) is 2.02. The van der Waals surface area contributed by atoms with E-state index < -0.39 is 0 Å². The minimum Gasteiger partial charge on any atom is -0.368 e. The second-order valence-corrected chi connectivity index (χ2v) is 5.32. The van der Waals surface area contributed by atoms with Crippen LogP contribution in [0.5, 0.6) is 0 Å². The molecule has 5 nitrogen and oxygen atoms in total. The normalized spacial score (nSPS) is 16.4. The summed E-state index contributed by atoms with van der Waals surface area (Å²) in [6.45, 7) is 6.20. The van der Waals surface area contributed by atoms with Crippen LogP contribution in [-0.4, -0.2) is 47.1 Å². The Kier molecular flexibility index (Phi) is 4.96. The summed E-state index contributed by atoms with van der Waals surface area (Å²) in [5.41, 5.74) is 0. The van der Waals surface area contributed by atoms with Gasteiger partial charge in [0.05, 0.1) is 0 Å². The van der Waals surface area contributed by atoms with Crippen molar-refractivity contribution >= 4 is 11.8 Å². The van der Waals surface area contributed by atoms with E-state index in [0.717, 1.165) is 31.4 Å². The van der Waals surface area contributed by atoms with E-state index in [2.05, 4.69) is 46.4 Å². The first-order chi connectivity index (χ1) is 9.20. The van der Waals surface area contributed by atoms with Crippen LogP contribution in [0.2, 0.25) is 0 Å². The maximum Gasteiger partial charge on any atom is 0.224 e. The fraction of sp³-hybridized carbons (Fsp3) is 0.714. The molecule has 1 heterocycles. The Balaban J connectivity index is 1.81. The van der Waals surface area contributed by atoms with Crippen molar-refractivity contribution in [2.75, 3.05) is 30.8 Å². The summed E-state index contributed by atoms with van der Waals surface area (Å²) in [5, 5.41) is 6.59. The van der Waals surface area contributed by atoms with Gasteiger partial charge in [0.1, 0.15) is 5.82 Å². The van der Waals surface area contributed by atoms with Crippen molar-refractivity contribution < 1.29 is 0 Å². The average Bonchev–Trinajstić information content (AvgIpc) is 3.26. The van der Waals surface area contributed by atoms with E-state index in [1.807, 2.05) is 6.07 Å². The van der Waals surface area contributed by atoms with Crippen LogP contribution < -0.4 is 10.6 Å². The van der Waals surface area contributed by atoms with Gasteiger partial charge >= 0.3 is 0 Å². The Morgan fingerprint density at radius 2 is 2.21 bits per heavy atom. The third kappa shape index (κ3) is 4.35. The van der Waals surface area contributed by atoms with Crippen LogP contribution in [0.25, 0.3) is 0 Å². The highest BCUT2D eigenvalue weighted by Crippen LogP contribution is 2.26. The van der Waals surface area contributed by atoms with Gasteiger partial charge in [-0.1, -0.05) is 6.92 Å². The number of anilines is 2. The molecule has 0 saturated heterocycles. The molecule has 1 aromatic heterocycles. The van der Waals surface area contributed by atoms with Crippen molar-refractivity contribution in [3.05, 3.63) is 12.3 Å². The van der Waals surface area contributed by atoms with Crippen LogP contribution in [-0.2, 0) is 0 Å². The second-order valence-electron chi connectivity index (χ2n) is 5.32. The van der Waals surface area contributed by atoms with E-state index in [9.17, 15) is 0 Å². The van der Waals surface area contributed by atoms with Crippen molar-refractivity contribution in [1.29, 1.82) is 0 Å². The van der Waals surface area contributed by atoms with Crippen molar-refractivity contribution in [2.24, 2.45) is 0 Å². The van der Waals surface area contributed by atoms with Gasteiger partial charge in [0.15, 0.2) is 0 Å². The van der Waals surface area contributed by atoms with E-state index in [1.54, 1.807) is 6.20 Å². The first kappa shape index (κ1) is 14.1. The number of aromatic nitrogens is 2. The van der Waals surface area contributed by atoms with Crippen LogP contribution in [0, 0.1) is 0 Å². The predicted octanol–water partition coefficient (Wildman–Crippen LogP) is 2.19. The van der Waals surface area contributed by atoms with E-state index in [1.165, 1.54) is 12.8 Å². The quantitative estimate of drug-likeness (QED) is 0.753. The van der Waals surface area contributed by atoms with Crippen molar-refractivity contribution in [3.63, 3.8) is 0 Å². The van der Waals surface area contributed by atoms with Gasteiger partial charge in [-0.3, -0.25) is 4.90 Å². The first-order valence-corrected chi connectivity index (χ1v) is 7.23. The van der Waals surface area contributed by atoms with Crippen LogP contribution >= 0.6 is 0 Å². The van der Waals surface area contributed by atoms with Gasteiger partial charge in [-0.05, 0) is 39.3 Å². The molecule has 0 aliphatic heterocycles. The lowest BCUT2D eigenvalue weighted by molar-refractivity contribution is 0.257. The Morgan fingerprint density at radius 1 is 1.42 bits per heavy atom. The molecule has 5 heteroatoms. The molecule has 2 N–H and O–H groups in total. The largest absolute Gasteiger partial charge is 0.368 e. The molecule has 0 bridgehead atoms. The molecule has 1 aliphatic carbocycles. The Morgan fingerprint density at radius 3 is 2.89 bits per heavy atom. The number of hydrogen-bond acceptors (Lipinski definition) is 5. The second kappa shape index (κ2) is 6.70. The molecule has 0 radical (unpaired) electrons. The number of nitrogens with one attached hydrogen (secondary N) is 2. The van der Waals surface area contributed by atoms with Crippen molar-refractivity contribution in [2.45, 2.75) is 45.2 Å².